The van der Waals surface area contributed by atoms with E-state index in [1.807, 2.05) is 0 Å². The van der Waals surface area contributed by atoms with Crippen LogP contribution in [0.25, 0.3) is 10.2 Å². The third kappa shape index (κ3) is 4.60. The Bertz CT molecular complexity index is 1190. The summed E-state index contributed by atoms with van der Waals surface area (Å²) in [4.78, 5) is 12.3. The molecule has 2 aromatic carbocycles. The van der Waals surface area contributed by atoms with Gasteiger partial charge in [0.1, 0.15) is 18.0 Å². The van der Waals surface area contributed by atoms with Gasteiger partial charge in [0.25, 0.3) is 10.0 Å². The van der Waals surface area contributed by atoms with Crippen molar-refractivity contribution in [2.45, 2.75) is 18.4 Å². The zero-order valence-electron chi connectivity index (χ0n) is 16.1. The van der Waals surface area contributed by atoms with Crippen molar-refractivity contribution < 1.29 is 27.4 Å². The predicted molar refractivity (Wildman–Crippen MR) is 109 cm³/mol. The molecule has 0 saturated heterocycles. The molecule has 0 atom stereocenters. The second-order valence-electron chi connectivity index (χ2n) is 5.85. The molecule has 0 bridgehead atoms. The standard InChI is InChI=1S/C19H20N2O6S2/c1-4-27-18(22)12-21-16-10-7-14(26-3)11-17(16)28-19(21)20-29(23,24)15-8-5-13(25-2)6-9-15/h5-11H,4,12H2,1-3H3/b20-19-. The average molecular weight is 437 g/mol. The highest BCUT2D eigenvalue weighted by Crippen LogP contribution is 2.24. The molecule has 0 amide bonds. The van der Waals surface area contributed by atoms with E-state index in [1.54, 1.807) is 44.4 Å². The van der Waals surface area contributed by atoms with E-state index in [4.69, 9.17) is 14.2 Å². The lowest BCUT2D eigenvalue weighted by Crippen LogP contribution is -2.23. The maximum Gasteiger partial charge on any atom is 0.326 e. The lowest BCUT2D eigenvalue weighted by atomic mass is 10.3. The van der Waals surface area contributed by atoms with E-state index in [1.165, 1.54) is 23.8 Å². The normalized spacial score (nSPS) is 12.2. The van der Waals surface area contributed by atoms with Gasteiger partial charge in [-0.15, -0.1) is 4.40 Å². The van der Waals surface area contributed by atoms with Crippen molar-refractivity contribution in [1.82, 2.24) is 4.57 Å². The lowest BCUT2D eigenvalue weighted by molar-refractivity contribution is -0.143. The van der Waals surface area contributed by atoms with Gasteiger partial charge >= 0.3 is 5.97 Å². The van der Waals surface area contributed by atoms with Crippen LogP contribution in [0.2, 0.25) is 0 Å². The molecule has 29 heavy (non-hydrogen) atoms. The SMILES string of the molecule is CCOC(=O)Cn1/c(=N/S(=O)(=O)c2ccc(OC)cc2)sc2cc(OC)ccc21. The van der Waals surface area contributed by atoms with Crippen molar-refractivity contribution in [2.24, 2.45) is 4.40 Å². The first-order chi connectivity index (χ1) is 13.9. The summed E-state index contributed by atoms with van der Waals surface area (Å²) in [5.41, 5.74) is 0.660. The van der Waals surface area contributed by atoms with Gasteiger partial charge in [-0.3, -0.25) is 4.79 Å². The van der Waals surface area contributed by atoms with Gasteiger partial charge in [0, 0.05) is 0 Å². The van der Waals surface area contributed by atoms with Crippen LogP contribution in [0.4, 0.5) is 0 Å². The van der Waals surface area contributed by atoms with E-state index in [-0.39, 0.29) is 22.8 Å². The van der Waals surface area contributed by atoms with Gasteiger partial charge in [-0.25, -0.2) is 0 Å². The Morgan fingerprint density at radius 2 is 1.72 bits per heavy atom. The number of aromatic nitrogens is 1. The molecule has 0 aliphatic carbocycles. The van der Waals surface area contributed by atoms with Gasteiger partial charge < -0.3 is 18.8 Å². The molecular formula is C19H20N2O6S2. The van der Waals surface area contributed by atoms with Crippen molar-refractivity contribution >= 4 is 37.5 Å². The molecule has 0 unspecified atom stereocenters. The van der Waals surface area contributed by atoms with Gasteiger partial charge in [-0.2, -0.15) is 8.42 Å². The number of hydrogen-bond donors (Lipinski definition) is 0. The minimum atomic E-state index is -4.00. The van der Waals surface area contributed by atoms with E-state index in [0.29, 0.717) is 17.0 Å². The fraction of sp³-hybridized carbons (Fsp3) is 0.263. The van der Waals surface area contributed by atoms with Crippen LogP contribution >= 0.6 is 11.3 Å². The zero-order valence-corrected chi connectivity index (χ0v) is 17.7. The molecule has 1 heterocycles. The highest BCUT2D eigenvalue weighted by molar-refractivity contribution is 7.90. The Hall–Kier alpha value is -2.85. The molecule has 8 nitrogen and oxygen atoms in total. The van der Waals surface area contributed by atoms with Crippen LogP contribution in [0.15, 0.2) is 51.8 Å². The molecule has 1 aromatic heterocycles. The van der Waals surface area contributed by atoms with Crippen LogP contribution in [0.5, 0.6) is 11.5 Å². The number of hydrogen-bond acceptors (Lipinski definition) is 7. The van der Waals surface area contributed by atoms with E-state index < -0.39 is 16.0 Å². The highest BCUT2D eigenvalue weighted by atomic mass is 32.2. The van der Waals surface area contributed by atoms with Gasteiger partial charge in [-0.05, 0) is 49.4 Å². The Labute approximate surface area is 172 Å². The summed E-state index contributed by atoms with van der Waals surface area (Å²) >= 11 is 1.15. The van der Waals surface area contributed by atoms with Crippen LogP contribution in [0.1, 0.15) is 6.92 Å². The van der Waals surface area contributed by atoms with Crippen molar-refractivity contribution in [2.75, 3.05) is 20.8 Å². The number of ether oxygens (including phenoxy) is 3. The molecule has 0 aliphatic rings. The van der Waals surface area contributed by atoms with Gasteiger partial charge in [-0.1, -0.05) is 11.3 Å². The van der Waals surface area contributed by atoms with Gasteiger partial charge in [0.05, 0.1) is 35.9 Å². The highest BCUT2D eigenvalue weighted by Gasteiger charge is 2.17. The molecule has 0 N–H and O–H groups in total. The molecule has 0 radical (unpaired) electrons. The summed E-state index contributed by atoms with van der Waals surface area (Å²) in [6.45, 7) is 1.78. The average Bonchev–Trinajstić information content (AvgIpc) is 3.03. The molecule has 0 saturated carbocycles. The molecule has 154 valence electrons. The fourth-order valence-electron chi connectivity index (χ4n) is 2.64. The molecule has 0 spiro atoms. The monoisotopic (exact) mass is 436 g/mol. The van der Waals surface area contributed by atoms with E-state index in [9.17, 15) is 13.2 Å². The number of sulfonamides is 1. The van der Waals surface area contributed by atoms with Crippen molar-refractivity contribution in [3.05, 3.63) is 47.3 Å². The van der Waals surface area contributed by atoms with Crippen molar-refractivity contribution in [3.8, 4) is 11.5 Å². The van der Waals surface area contributed by atoms with Crippen LogP contribution in [-0.2, 0) is 26.1 Å². The first-order valence-corrected chi connectivity index (χ1v) is 10.9. The number of rotatable bonds is 7. The summed E-state index contributed by atoms with van der Waals surface area (Å²) < 4.78 is 47.2. The summed E-state index contributed by atoms with van der Waals surface area (Å²) in [6, 6.07) is 11.2. The number of esters is 1. The largest absolute Gasteiger partial charge is 0.497 e. The van der Waals surface area contributed by atoms with Crippen molar-refractivity contribution in [3.63, 3.8) is 0 Å². The Morgan fingerprint density at radius 1 is 1.07 bits per heavy atom. The summed E-state index contributed by atoms with van der Waals surface area (Å²) in [7, 11) is -0.956. The third-order valence-electron chi connectivity index (χ3n) is 4.04. The topological polar surface area (TPSA) is 96.2 Å². The first kappa shape index (κ1) is 20.9. The lowest BCUT2D eigenvalue weighted by Gasteiger charge is -2.06. The second-order valence-corrected chi connectivity index (χ2v) is 8.46. The molecule has 3 aromatic rings. The van der Waals surface area contributed by atoms with E-state index in [2.05, 4.69) is 4.40 Å². The van der Waals surface area contributed by atoms with E-state index >= 15 is 0 Å². The molecule has 0 fully saturated rings. The van der Waals surface area contributed by atoms with Crippen LogP contribution in [0, 0.1) is 0 Å². The quantitative estimate of drug-likeness (QED) is 0.528. The number of benzene rings is 2. The van der Waals surface area contributed by atoms with Crippen molar-refractivity contribution in [1.29, 1.82) is 0 Å². The third-order valence-corrected chi connectivity index (χ3v) is 6.48. The Kier molecular flexibility index (Phi) is 6.23. The van der Waals surface area contributed by atoms with Crippen LogP contribution < -0.4 is 14.3 Å². The summed E-state index contributed by atoms with van der Waals surface area (Å²) in [5.74, 6) is 0.674. The Balaban J connectivity index is 2.15. The zero-order chi connectivity index (χ0) is 21.0. The van der Waals surface area contributed by atoms with Gasteiger partial charge in [0.15, 0.2) is 0 Å². The number of thiazole rings is 1. The number of carbonyl (C=O) groups is 1. The minimum absolute atomic E-state index is 0.0241. The van der Waals surface area contributed by atoms with Crippen LogP contribution in [-0.4, -0.2) is 39.8 Å². The number of nitrogens with zero attached hydrogens (tertiary/aromatic N) is 2. The maximum atomic E-state index is 12.8. The summed E-state index contributed by atoms with van der Waals surface area (Å²) in [5, 5.41) is 0. The Morgan fingerprint density at radius 3 is 2.34 bits per heavy atom. The summed E-state index contributed by atoms with van der Waals surface area (Å²) in [6.07, 6.45) is 0. The first-order valence-electron chi connectivity index (χ1n) is 8.66. The minimum Gasteiger partial charge on any atom is -0.497 e. The molecule has 10 heteroatoms. The predicted octanol–water partition coefficient (Wildman–Crippen LogP) is 2.57. The smallest absolute Gasteiger partial charge is 0.326 e. The molecular weight excluding hydrogens is 416 g/mol. The fourth-order valence-corrected chi connectivity index (χ4v) is 4.90. The number of methoxy groups -OCH3 is 2. The second kappa shape index (κ2) is 8.66. The molecule has 3 rings (SSSR count). The number of carbonyl (C=O) groups excluding carboxylic acids is 1. The van der Waals surface area contributed by atoms with E-state index in [0.717, 1.165) is 16.0 Å². The van der Waals surface area contributed by atoms with Gasteiger partial charge in [0.2, 0.25) is 4.80 Å². The maximum absolute atomic E-state index is 12.8. The number of fused-ring (bicyclic) bond motifs is 1. The van der Waals surface area contributed by atoms with Crippen LogP contribution in [0.3, 0.4) is 0 Å². The molecule has 0 aliphatic heterocycles.